The number of alkyl halides is 3. The lowest BCUT2D eigenvalue weighted by Gasteiger charge is -2.32. The number of benzene rings is 1. The lowest BCUT2D eigenvalue weighted by molar-refractivity contribution is -0.274. The van der Waals surface area contributed by atoms with Crippen molar-refractivity contribution in [2.45, 2.75) is 31.7 Å². The number of pyridine rings is 1. The quantitative estimate of drug-likeness (QED) is 0.574. The monoisotopic (exact) mass is 502 g/mol. The Hall–Kier alpha value is -3.18. The Morgan fingerprint density at radius 2 is 1.75 bits per heavy atom. The number of hydrogen-bond acceptors (Lipinski definition) is 6. The molecule has 0 bridgehead atoms. The van der Waals surface area contributed by atoms with Crippen molar-refractivity contribution in [1.29, 1.82) is 0 Å². The summed E-state index contributed by atoms with van der Waals surface area (Å²) in [5.41, 5.74) is 3.17. The summed E-state index contributed by atoms with van der Waals surface area (Å²) in [5, 5.41) is 0. The number of rotatable bonds is 5. The molecular weight excluding hydrogens is 473 g/mol. The van der Waals surface area contributed by atoms with Crippen molar-refractivity contribution in [1.82, 2.24) is 29.7 Å². The predicted molar refractivity (Wildman–Crippen MR) is 128 cm³/mol. The summed E-state index contributed by atoms with van der Waals surface area (Å²) in [6, 6.07) is 7.09. The fourth-order valence-electron chi connectivity index (χ4n) is 4.97. The summed E-state index contributed by atoms with van der Waals surface area (Å²) < 4.78 is 41.0. The standard InChI is InChI=1S/C25H29F3N6O2/c1-32-12-14-33(15-13-32)16-21-30-22-20(6-9-29-23(22)31-21)17-7-10-34(11-8-17)24(35)18-2-4-19(5-3-18)36-25(26,27)28/h2-6,9,17H,7-8,10-16H2,1H3,(H,29,30,31). The fraction of sp³-hybridized carbons (Fsp3) is 0.480. The van der Waals surface area contributed by atoms with Gasteiger partial charge in [0, 0.05) is 51.0 Å². The molecule has 0 unspecified atom stereocenters. The van der Waals surface area contributed by atoms with Crippen molar-refractivity contribution in [2.75, 3.05) is 46.3 Å². The average molecular weight is 503 g/mol. The molecule has 0 aliphatic carbocycles. The summed E-state index contributed by atoms with van der Waals surface area (Å²) in [6.07, 6.45) is -1.40. The first kappa shape index (κ1) is 24.5. The van der Waals surface area contributed by atoms with Crippen LogP contribution in [0, 0.1) is 0 Å². The number of aromatic amines is 1. The molecule has 8 nitrogen and oxygen atoms in total. The molecule has 36 heavy (non-hydrogen) atoms. The number of nitrogens with one attached hydrogen (secondary N) is 1. The fourth-order valence-corrected chi connectivity index (χ4v) is 4.97. The normalized spacial score (nSPS) is 18.6. The number of aromatic nitrogens is 3. The highest BCUT2D eigenvalue weighted by Crippen LogP contribution is 2.32. The largest absolute Gasteiger partial charge is 0.573 e. The zero-order chi connectivity index (χ0) is 25.3. The molecule has 1 N–H and O–H groups in total. The van der Waals surface area contributed by atoms with Gasteiger partial charge in [0.2, 0.25) is 0 Å². The minimum atomic E-state index is -4.76. The molecule has 192 valence electrons. The lowest BCUT2D eigenvalue weighted by atomic mass is 9.89. The SMILES string of the molecule is CN1CCN(Cc2nc3c(C4CCN(C(=O)c5ccc(OC(F)(F)F)cc5)CC4)ccnc3[nH]2)CC1. The molecule has 2 aromatic heterocycles. The summed E-state index contributed by atoms with van der Waals surface area (Å²) in [7, 11) is 2.14. The van der Waals surface area contributed by atoms with Gasteiger partial charge in [0.25, 0.3) is 5.91 Å². The van der Waals surface area contributed by atoms with Crippen molar-refractivity contribution < 1.29 is 22.7 Å². The van der Waals surface area contributed by atoms with Gasteiger partial charge in [-0.05, 0) is 61.7 Å². The second-order valence-corrected chi connectivity index (χ2v) is 9.50. The minimum Gasteiger partial charge on any atom is -0.406 e. The van der Waals surface area contributed by atoms with Crippen LogP contribution in [0.25, 0.3) is 11.2 Å². The highest BCUT2D eigenvalue weighted by atomic mass is 19.4. The van der Waals surface area contributed by atoms with Crippen LogP contribution >= 0.6 is 0 Å². The van der Waals surface area contributed by atoms with Crippen LogP contribution < -0.4 is 4.74 Å². The van der Waals surface area contributed by atoms with Crippen molar-refractivity contribution in [3.05, 3.63) is 53.5 Å². The van der Waals surface area contributed by atoms with E-state index in [2.05, 4.69) is 31.6 Å². The molecule has 1 aromatic carbocycles. The third-order valence-corrected chi connectivity index (χ3v) is 6.99. The first-order valence-corrected chi connectivity index (χ1v) is 12.1. The van der Waals surface area contributed by atoms with E-state index in [0.717, 1.165) is 68.1 Å². The van der Waals surface area contributed by atoms with E-state index in [0.29, 0.717) is 18.7 Å². The van der Waals surface area contributed by atoms with Gasteiger partial charge in [0.15, 0.2) is 5.65 Å². The van der Waals surface area contributed by atoms with E-state index in [4.69, 9.17) is 4.98 Å². The van der Waals surface area contributed by atoms with E-state index >= 15 is 0 Å². The molecule has 2 fully saturated rings. The summed E-state index contributed by atoms with van der Waals surface area (Å²) >= 11 is 0. The number of carbonyl (C=O) groups is 1. The number of piperidine rings is 1. The number of ether oxygens (including phenoxy) is 1. The summed E-state index contributed by atoms with van der Waals surface area (Å²) in [6.45, 7) is 6.01. The Balaban J connectivity index is 1.22. The third-order valence-electron chi connectivity index (χ3n) is 6.99. The van der Waals surface area contributed by atoms with E-state index in [1.54, 1.807) is 11.1 Å². The number of fused-ring (bicyclic) bond motifs is 1. The summed E-state index contributed by atoms with van der Waals surface area (Å²) in [4.78, 5) is 32.1. The van der Waals surface area contributed by atoms with Gasteiger partial charge in [-0.25, -0.2) is 9.97 Å². The maximum Gasteiger partial charge on any atom is 0.573 e. The first-order valence-electron chi connectivity index (χ1n) is 12.1. The van der Waals surface area contributed by atoms with Gasteiger partial charge in [0.05, 0.1) is 6.54 Å². The van der Waals surface area contributed by atoms with E-state index in [1.807, 2.05) is 6.07 Å². The topological polar surface area (TPSA) is 77.6 Å². The molecule has 0 saturated carbocycles. The molecule has 1 amide bonds. The molecule has 5 rings (SSSR count). The van der Waals surface area contributed by atoms with E-state index in [1.165, 1.54) is 24.3 Å². The van der Waals surface area contributed by atoms with Gasteiger partial charge in [-0.3, -0.25) is 9.69 Å². The maximum absolute atomic E-state index is 12.9. The first-order chi connectivity index (χ1) is 17.2. The van der Waals surface area contributed by atoms with Crippen molar-refractivity contribution in [3.63, 3.8) is 0 Å². The highest BCUT2D eigenvalue weighted by molar-refractivity contribution is 5.94. The Bertz CT molecular complexity index is 1200. The highest BCUT2D eigenvalue weighted by Gasteiger charge is 2.31. The van der Waals surface area contributed by atoms with Crippen LogP contribution in [-0.4, -0.2) is 88.2 Å². The molecule has 2 aliphatic rings. The van der Waals surface area contributed by atoms with Gasteiger partial charge >= 0.3 is 6.36 Å². The number of amides is 1. The van der Waals surface area contributed by atoms with Gasteiger partial charge < -0.3 is 19.5 Å². The zero-order valence-electron chi connectivity index (χ0n) is 20.1. The van der Waals surface area contributed by atoms with Crippen LogP contribution in [-0.2, 0) is 6.54 Å². The van der Waals surface area contributed by atoms with Crippen LogP contribution in [0.2, 0.25) is 0 Å². The number of carbonyl (C=O) groups excluding carboxylic acids is 1. The van der Waals surface area contributed by atoms with Gasteiger partial charge in [-0.15, -0.1) is 13.2 Å². The van der Waals surface area contributed by atoms with Gasteiger partial charge in [0.1, 0.15) is 17.1 Å². The van der Waals surface area contributed by atoms with Crippen LogP contribution in [0.15, 0.2) is 36.5 Å². The van der Waals surface area contributed by atoms with Crippen molar-refractivity contribution in [2.24, 2.45) is 0 Å². The molecule has 0 atom stereocenters. The van der Waals surface area contributed by atoms with E-state index in [9.17, 15) is 18.0 Å². The smallest absolute Gasteiger partial charge is 0.406 e. The molecule has 0 spiro atoms. The molecule has 3 aromatic rings. The molecular formula is C25H29F3N6O2. The third kappa shape index (κ3) is 5.62. The number of hydrogen-bond donors (Lipinski definition) is 1. The molecule has 2 aliphatic heterocycles. The molecule has 0 radical (unpaired) electrons. The lowest BCUT2D eigenvalue weighted by Crippen LogP contribution is -2.44. The van der Waals surface area contributed by atoms with Crippen molar-refractivity contribution >= 4 is 17.1 Å². The number of nitrogens with zero attached hydrogens (tertiary/aromatic N) is 5. The molecule has 11 heteroatoms. The summed E-state index contributed by atoms with van der Waals surface area (Å²) in [5.74, 6) is 0.633. The Kier molecular flexibility index (Phi) is 6.85. The average Bonchev–Trinajstić information content (AvgIpc) is 3.27. The number of H-pyrrole nitrogens is 1. The molecule has 4 heterocycles. The van der Waals surface area contributed by atoms with Gasteiger partial charge in [-0.2, -0.15) is 0 Å². The zero-order valence-corrected chi connectivity index (χ0v) is 20.1. The number of halogens is 3. The number of likely N-dealkylation sites (N-methyl/N-ethyl adjacent to an activating group) is 1. The number of imidazole rings is 1. The maximum atomic E-state index is 12.9. The Morgan fingerprint density at radius 3 is 2.42 bits per heavy atom. The van der Waals surface area contributed by atoms with Crippen LogP contribution in [0.3, 0.4) is 0 Å². The Morgan fingerprint density at radius 1 is 1.06 bits per heavy atom. The predicted octanol–water partition coefficient (Wildman–Crippen LogP) is 3.62. The Labute approximate surface area is 207 Å². The number of likely N-dealkylation sites (tertiary alicyclic amines) is 1. The van der Waals surface area contributed by atoms with Crippen LogP contribution in [0.1, 0.15) is 40.5 Å². The minimum absolute atomic E-state index is 0.193. The van der Waals surface area contributed by atoms with Crippen LogP contribution in [0.5, 0.6) is 5.75 Å². The second kappa shape index (κ2) is 10.1. The van der Waals surface area contributed by atoms with Crippen molar-refractivity contribution in [3.8, 4) is 5.75 Å². The molecule has 2 saturated heterocycles. The van der Waals surface area contributed by atoms with Gasteiger partial charge in [-0.1, -0.05) is 0 Å². The van der Waals surface area contributed by atoms with Crippen LogP contribution in [0.4, 0.5) is 13.2 Å². The van der Waals surface area contributed by atoms with E-state index in [-0.39, 0.29) is 17.6 Å². The second-order valence-electron chi connectivity index (χ2n) is 9.50. The van der Waals surface area contributed by atoms with E-state index < -0.39 is 6.36 Å². The number of piperazine rings is 1.